The van der Waals surface area contributed by atoms with E-state index in [0.29, 0.717) is 12.8 Å². The molecule has 0 heterocycles. The summed E-state index contributed by atoms with van der Waals surface area (Å²) in [5.41, 5.74) is 5.15. The van der Waals surface area contributed by atoms with Crippen molar-refractivity contribution in [3.63, 3.8) is 0 Å². The number of carbonyl (C=O) groups is 2. The number of carboxylic acids is 1. The Kier molecular flexibility index (Phi) is 21.4. The number of carbonyl (C=O) groups excluding carboxylic acids is 1. The van der Waals surface area contributed by atoms with Crippen molar-refractivity contribution in [3.05, 3.63) is 60.8 Å². The molecular weight excluding hydrogens is 501 g/mol. The van der Waals surface area contributed by atoms with Crippen molar-refractivity contribution in [2.75, 3.05) is 19.8 Å². The molecule has 0 amide bonds. The molecule has 5 N–H and O–H groups in total. The average molecular weight is 544 g/mol. The second-order valence-electron chi connectivity index (χ2n) is 7.94. The Morgan fingerprint density at radius 2 is 1.32 bits per heavy atom. The van der Waals surface area contributed by atoms with Gasteiger partial charge in [0.2, 0.25) is 0 Å². The zero-order chi connectivity index (χ0) is 27.8. The molecule has 3 atom stereocenters. The Morgan fingerprint density at radius 1 is 0.838 bits per heavy atom. The standard InChI is InChI=1S/C26H42NO9P/c1-2-3-4-5-6-7-8-9-10-11-12-13-14-15-16-17-18-19-25(29)34-20-23(28)21-35-37(32,33)36-22-24(27)26(30)31/h3-4,6-7,9-10,12-13,15-16,23-24,28H,2,5,8,11,14,17-22,27H2,1H3,(H,30,31)(H,32,33)/b4-3-,7-6-,10-9-,13-12-,16-15-/t23-,24+/m1/s1. The first-order valence-corrected chi connectivity index (χ1v) is 13.9. The second kappa shape index (κ2) is 22.8. The summed E-state index contributed by atoms with van der Waals surface area (Å²) in [6.45, 7) is 0.307. The summed E-state index contributed by atoms with van der Waals surface area (Å²) in [6, 6.07) is -1.50. The topological polar surface area (TPSA) is 166 Å². The van der Waals surface area contributed by atoms with Crippen molar-refractivity contribution in [3.8, 4) is 0 Å². The predicted molar refractivity (Wildman–Crippen MR) is 143 cm³/mol. The summed E-state index contributed by atoms with van der Waals surface area (Å²) in [6.07, 6.45) is 25.9. The Labute approximate surface area is 219 Å². The number of rotatable bonds is 22. The van der Waals surface area contributed by atoms with E-state index >= 15 is 0 Å². The lowest BCUT2D eigenvalue weighted by Crippen LogP contribution is -2.34. The van der Waals surface area contributed by atoms with Crippen molar-refractivity contribution >= 4 is 19.8 Å². The van der Waals surface area contributed by atoms with Crippen LogP contribution in [0.25, 0.3) is 0 Å². The number of esters is 1. The van der Waals surface area contributed by atoms with Crippen LogP contribution in [0, 0.1) is 0 Å². The Morgan fingerprint density at radius 3 is 1.84 bits per heavy atom. The number of hydrogen-bond donors (Lipinski definition) is 4. The van der Waals surface area contributed by atoms with Crippen LogP contribution < -0.4 is 5.73 Å². The molecule has 0 saturated carbocycles. The van der Waals surface area contributed by atoms with Crippen LogP contribution in [0.5, 0.6) is 0 Å². The highest BCUT2D eigenvalue weighted by molar-refractivity contribution is 7.47. The fourth-order valence-corrected chi connectivity index (χ4v) is 3.29. The lowest BCUT2D eigenvalue weighted by atomic mass is 10.2. The van der Waals surface area contributed by atoms with Crippen LogP contribution in [0.3, 0.4) is 0 Å². The first-order valence-electron chi connectivity index (χ1n) is 12.4. The molecule has 0 aliphatic carbocycles. The van der Waals surface area contributed by atoms with Crippen LogP contribution in [0.1, 0.15) is 58.3 Å². The zero-order valence-corrected chi connectivity index (χ0v) is 22.4. The van der Waals surface area contributed by atoms with Gasteiger partial charge < -0.3 is 25.6 Å². The highest BCUT2D eigenvalue weighted by Gasteiger charge is 2.26. The van der Waals surface area contributed by atoms with Gasteiger partial charge in [0.25, 0.3) is 0 Å². The number of ether oxygens (including phenoxy) is 1. The molecule has 37 heavy (non-hydrogen) atoms. The number of nitrogens with two attached hydrogens (primary N) is 1. The van der Waals surface area contributed by atoms with Crippen LogP contribution in [-0.2, 0) is 27.9 Å². The van der Waals surface area contributed by atoms with Crippen LogP contribution in [0.2, 0.25) is 0 Å². The lowest BCUT2D eigenvalue weighted by molar-refractivity contribution is -0.147. The van der Waals surface area contributed by atoms with Crippen molar-refractivity contribution in [2.45, 2.75) is 70.4 Å². The molecule has 1 unspecified atom stereocenters. The molecule has 0 spiro atoms. The minimum absolute atomic E-state index is 0.163. The van der Waals surface area contributed by atoms with Crippen molar-refractivity contribution in [2.24, 2.45) is 5.73 Å². The van der Waals surface area contributed by atoms with E-state index < -0.39 is 51.7 Å². The summed E-state index contributed by atoms with van der Waals surface area (Å²) < 4.78 is 25.4. The Bertz CT molecular complexity index is 821. The van der Waals surface area contributed by atoms with Gasteiger partial charge in [0, 0.05) is 6.42 Å². The van der Waals surface area contributed by atoms with Crippen LogP contribution >= 0.6 is 7.82 Å². The molecule has 0 rings (SSSR count). The Balaban J connectivity index is 3.80. The van der Waals surface area contributed by atoms with E-state index in [0.717, 1.165) is 32.1 Å². The van der Waals surface area contributed by atoms with E-state index in [4.69, 9.17) is 15.6 Å². The Hall–Kier alpha value is -2.33. The van der Waals surface area contributed by atoms with E-state index in [1.165, 1.54) is 0 Å². The summed E-state index contributed by atoms with van der Waals surface area (Å²) >= 11 is 0. The third-order valence-corrected chi connectivity index (χ3v) is 5.46. The van der Waals surface area contributed by atoms with Gasteiger partial charge in [0.05, 0.1) is 13.2 Å². The van der Waals surface area contributed by atoms with E-state index in [1.807, 2.05) is 12.2 Å². The van der Waals surface area contributed by atoms with Gasteiger partial charge in [-0.3, -0.25) is 18.6 Å². The van der Waals surface area contributed by atoms with Gasteiger partial charge in [-0.25, -0.2) is 4.57 Å². The quantitative estimate of drug-likeness (QED) is 0.0667. The SMILES string of the molecule is CC/C=C\C/C=C\C/C=C\C/C=C\C/C=C\CCCC(=O)OC[C@@H](O)COP(=O)(O)OC[C@H](N)C(=O)O. The molecule has 210 valence electrons. The second-order valence-corrected chi connectivity index (χ2v) is 9.40. The average Bonchev–Trinajstić information content (AvgIpc) is 2.86. The fourth-order valence-electron chi connectivity index (χ4n) is 2.51. The summed E-state index contributed by atoms with van der Waals surface area (Å²) in [5, 5.41) is 18.3. The van der Waals surface area contributed by atoms with Gasteiger partial charge in [-0.2, -0.15) is 0 Å². The highest BCUT2D eigenvalue weighted by atomic mass is 31.2. The summed E-state index contributed by atoms with van der Waals surface area (Å²) in [5.74, 6) is -1.92. The number of aliphatic hydroxyl groups excluding tert-OH is 1. The molecule has 0 aromatic heterocycles. The van der Waals surface area contributed by atoms with E-state index in [2.05, 4.69) is 64.6 Å². The molecular formula is C26H42NO9P. The third kappa shape index (κ3) is 23.8. The maximum Gasteiger partial charge on any atom is 0.472 e. The van der Waals surface area contributed by atoms with Crippen molar-refractivity contribution in [1.82, 2.24) is 0 Å². The third-order valence-electron chi connectivity index (χ3n) is 4.51. The number of carboxylic acid groups (broad SMARTS) is 1. The largest absolute Gasteiger partial charge is 0.480 e. The van der Waals surface area contributed by atoms with Crippen LogP contribution in [0.15, 0.2) is 60.8 Å². The van der Waals surface area contributed by atoms with Crippen LogP contribution in [0.4, 0.5) is 0 Å². The fraction of sp³-hybridized carbons (Fsp3) is 0.538. The van der Waals surface area contributed by atoms with Crippen molar-refractivity contribution in [1.29, 1.82) is 0 Å². The van der Waals surface area contributed by atoms with E-state index in [1.54, 1.807) is 0 Å². The van der Waals surface area contributed by atoms with Crippen LogP contribution in [-0.4, -0.2) is 59.0 Å². The zero-order valence-electron chi connectivity index (χ0n) is 21.5. The van der Waals surface area contributed by atoms with Crippen molar-refractivity contribution < 1.29 is 43.0 Å². The summed E-state index contributed by atoms with van der Waals surface area (Å²) in [7, 11) is -4.60. The molecule has 0 aliphatic heterocycles. The number of unbranched alkanes of at least 4 members (excludes halogenated alkanes) is 1. The molecule has 0 fully saturated rings. The maximum atomic E-state index is 11.7. The highest BCUT2D eigenvalue weighted by Crippen LogP contribution is 2.43. The maximum absolute atomic E-state index is 11.7. The minimum Gasteiger partial charge on any atom is -0.480 e. The minimum atomic E-state index is -4.60. The molecule has 10 nitrogen and oxygen atoms in total. The number of allylic oxidation sites excluding steroid dienone is 10. The van der Waals surface area contributed by atoms with Gasteiger partial charge in [0.15, 0.2) is 0 Å². The lowest BCUT2D eigenvalue weighted by Gasteiger charge is -2.16. The monoisotopic (exact) mass is 543 g/mol. The van der Waals surface area contributed by atoms with E-state index in [9.17, 15) is 24.2 Å². The first kappa shape index (κ1) is 34.7. The first-order chi connectivity index (χ1) is 17.7. The number of hydrogen-bond acceptors (Lipinski definition) is 8. The molecule has 0 radical (unpaired) electrons. The van der Waals surface area contributed by atoms with Gasteiger partial charge >= 0.3 is 19.8 Å². The smallest absolute Gasteiger partial charge is 0.472 e. The normalized spacial score (nSPS) is 15.8. The molecule has 0 aliphatic rings. The molecule has 0 saturated heterocycles. The number of aliphatic carboxylic acids is 1. The molecule has 0 aromatic carbocycles. The molecule has 0 aromatic rings. The molecule has 0 bridgehead atoms. The number of aliphatic hydroxyl groups is 1. The summed E-state index contributed by atoms with van der Waals surface area (Å²) in [4.78, 5) is 31.7. The van der Waals surface area contributed by atoms with Gasteiger partial charge in [-0.15, -0.1) is 0 Å². The molecule has 11 heteroatoms. The number of phosphoric ester groups is 1. The van der Waals surface area contributed by atoms with Gasteiger partial charge in [-0.05, 0) is 44.9 Å². The predicted octanol–water partition coefficient (Wildman–Crippen LogP) is 4.36. The van der Waals surface area contributed by atoms with Gasteiger partial charge in [0.1, 0.15) is 18.8 Å². The van der Waals surface area contributed by atoms with Gasteiger partial charge in [-0.1, -0.05) is 67.7 Å². The number of phosphoric acid groups is 1. The van der Waals surface area contributed by atoms with E-state index in [-0.39, 0.29) is 6.42 Å².